The largest absolute Gasteiger partial charge is 0.489 e. The van der Waals surface area contributed by atoms with E-state index in [2.05, 4.69) is 20.9 Å². The van der Waals surface area contributed by atoms with E-state index < -0.39 is 0 Å². The zero-order valence-electron chi connectivity index (χ0n) is 21.8. The minimum atomic E-state index is -0.0465. The molecule has 2 fully saturated rings. The van der Waals surface area contributed by atoms with Gasteiger partial charge in [-0.15, -0.1) is 0 Å². The molecule has 1 amide bonds. The quantitative estimate of drug-likeness (QED) is 0.469. The van der Waals surface area contributed by atoms with Gasteiger partial charge in [-0.3, -0.25) is 14.7 Å². The molecule has 0 saturated carbocycles. The van der Waals surface area contributed by atoms with Crippen molar-refractivity contribution in [3.05, 3.63) is 71.4 Å². The first-order valence-corrected chi connectivity index (χ1v) is 13.3. The predicted molar refractivity (Wildman–Crippen MR) is 143 cm³/mol. The Kier molecular flexibility index (Phi) is 8.73. The molecule has 0 unspecified atom stereocenters. The van der Waals surface area contributed by atoms with Gasteiger partial charge in [-0.2, -0.15) is 5.26 Å². The van der Waals surface area contributed by atoms with Crippen molar-refractivity contribution in [3.8, 4) is 23.1 Å². The lowest BCUT2D eigenvalue weighted by Crippen LogP contribution is -2.49. The molecular weight excluding hydrogens is 496 g/mol. The van der Waals surface area contributed by atoms with Crippen LogP contribution in [0.3, 0.4) is 0 Å². The molecular formula is C29H32N6O4. The highest BCUT2D eigenvalue weighted by Gasteiger charge is 2.22. The summed E-state index contributed by atoms with van der Waals surface area (Å²) in [6.45, 7) is 4.83. The Morgan fingerprint density at radius 1 is 1.13 bits per heavy atom. The molecule has 2 aliphatic rings. The zero-order chi connectivity index (χ0) is 27.0. The average Bonchev–Trinajstić information content (AvgIpc) is 2.98. The van der Waals surface area contributed by atoms with E-state index in [4.69, 9.17) is 19.6 Å². The van der Waals surface area contributed by atoms with Crippen molar-refractivity contribution in [2.75, 3.05) is 52.5 Å². The van der Waals surface area contributed by atoms with Gasteiger partial charge in [0.2, 0.25) is 0 Å². The number of piperazine rings is 1. The fourth-order valence-electron chi connectivity index (χ4n) is 4.88. The van der Waals surface area contributed by atoms with Crippen LogP contribution in [0.4, 0.5) is 0 Å². The van der Waals surface area contributed by atoms with E-state index in [-0.39, 0.29) is 18.6 Å². The number of nitrogens with zero attached hydrogens (tertiary/aromatic N) is 6. The van der Waals surface area contributed by atoms with Crippen LogP contribution in [-0.4, -0.2) is 94.4 Å². The number of rotatable bonds is 8. The van der Waals surface area contributed by atoms with Crippen LogP contribution in [0.15, 0.2) is 48.9 Å². The molecule has 2 saturated heterocycles. The molecule has 1 aromatic carbocycles. The summed E-state index contributed by atoms with van der Waals surface area (Å²) in [5, 5.41) is 18.9. The number of pyridine rings is 1. The van der Waals surface area contributed by atoms with Crippen molar-refractivity contribution in [3.63, 3.8) is 0 Å². The lowest BCUT2D eigenvalue weighted by Gasteiger charge is -2.34. The Balaban J connectivity index is 1.27. The number of aliphatic hydroxyl groups is 1. The summed E-state index contributed by atoms with van der Waals surface area (Å²) in [5.74, 6) is 1.12. The van der Waals surface area contributed by atoms with Gasteiger partial charge in [0.25, 0.3) is 5.91 Å². The van der Waals surface area contributed by atoms with E-state index in [1.165, 1.54) is 0 Å². The highest BCUT2D eigenvalue weighted by atomic mass is 16.5. The Morgan fingerprint density at radius 3 is 2.72 bits per heavy atom. The fraction of sp³-hybridized carbons (Fsp3) is 0.414. The molecule has 0 radical (unpaired) electrons. The summed E-state index contributed by atoms with van der Waals surface area (Å²) >= 11 is 0. The average molecular weight is 529 g/mol. The molecule has 0 bridgehead atoms. The van der Waals surface area contributed by atoms with Crippen LogP contribution in [0.1, 0.15) is 40.2 Å². The third-order valence-electron chi connectivity index (χ3n) is 7.04. The minimum Gasteiger partial charge on any atom is -0.489 e. The van der Waals surface area contributed by atoms with Crippen LogP contribution in [0.5, 0.6) is 5.75 Å². The van der Waals surface area contributed by atoms with Crippen LogP contribution in [0, 0.1) is 11.3 Å². The predicted octanol–water partition coefficient (Wildman–Crippen LogP) is 2.31. The van der Waals surface area contributed by atoms with Gasteiger partial charge in [-0.1, -0.05) is 0 Å². The first-order chi connectivity index (χ1) is 19.1. The van der Waals surface area contributed by atoms with Crippen LogP contribution < -0.4 is 4.74 Å². The second kappa shape index (κ2) is 12.8. The van der Waals surface area contributed by atoms with Crippen molar-refractivity contribution in [2.45, 2.75) is 25.4 Å². The molecule has 5 rings (SSSR count). The van der Waals surface area contributed by atoms with Gasteiger partial charge >= 0.3 is 0 Å². The third-order valence-corrected chi connectivity index (χ3v) is 7.04. The number of carbonyl (C=O) groups excluding carboxylic acids is 1. The molecule has 4 heterocycles. The van der Waals surface area contributed by atoms with Crippen molar-refractivity contribution < 1.29 is 19.4 Å². The Bertz CT molecular complexity index is 1330. The lowest BCUT2D eigenvalue weighted by molar-refractivity contribution is 0.0254. The molecule has 3 aromatic rings. The van der Waals surface area contributed by atoms with Gasteiger partial charge in [0.15, 0.2) is 0 Å². The summed E-state index contributed by atoms with van der Waals surface area (Å²) in [5.41, 5.74) is 3.35. The van der Waals surface area contributed by atoms with Crippen molar-refractivity contribution >= 4 is 5.91 Å². The molecule has 10 heteroatoms. The second-order valence-electron chi connectivity index (χ2n) is 9.73. The van der Waals surface area contributed by atoms with Crippen molar-refractivity contribution in [1.82, 2.24) is 24.8 Å². The molecule has 2 aliphatic heterocycles. The molecule has 1 N–H and O–H groups in total. The highest BCUT2D eigenvalue weighted by molar-refractivity contribution is 5.94. The molecule has 2 aromatic heterocycles. The summed E-state index contributed by atoms with van der Waals surface area (Å²) in [7, 11) is 0. The van der Waals surface area contributed by atoms with E-state index >= 15 is 0 Å². The maximum absolute atomic E-state index is 13.1. The molecule has 0 spiro atoms. The zero-order valence-corrected chi connectivity index (χ0v) is 21.8. The number of amides is 1. The number of nitriles is 1. The maximum atomic E-state index is 13.1. The van der Waals surface area contributed by atoms with E-state index in [1.54, 1.807) is 24.7 Å². The lowest BCUT2D eigenvalue weighted by atomic mass is 10.1. The van der Waals surface area contributed by atoms with Gasteiger partial charge < -0.3 is 19.5 Å². The molecule has 0 atom stereocenters. The number of benzene rings is 1. The summed E-state index contributed by atoms with van der Waals surface area (Å²) in [6.07, 6.45) is 7.11. The van der Waals surface area contributed by atoms with E-state index in [1.807, 2.05) is 29.2 Å². The van der Waals surface area contributed by atoms with Crippen LogP contribution in [0.25, 0.3) is 11.3 Å². The van der Waals surface area contributed by atoms with Gasteiger partial charge in [-0.25, -0.2) is 9.97 Å². The first-order valence-electron chi connectivity index (χ1n) is 13.3. The monoisotopic (exact) mass is 528 g/mol. The number of hydrogen-bond acceptors (Lipinski definition) is 9. The van der Waals surface area contributed by atoms with Crippen LogP contribution >= 0.6 is 0 Å². The third kappa shape index (κ3) is 6.75. The summed E-state index contributed by atoms with van der Waals surface area (Å²) < 4.78 is 11.5. The second-order valence-corrected chi connectivity index (χ2v) is 9.73. The van der Waals surface area contributed by atoms with E-state index in [0.29, 0.717) is 67.7 Å². The first kappa shape index (κ1) is 26.7. The van der Waals surface area contributed by atoms with Crippen LogP contribution in [0.2, 0.25) is 0 Å². The number of ether oxygens (including phenoxy) is 2. The Hall–Kier alpha value is -3.91. The summed E-state index contributed by atoms with van der Waals surface area (Å²) in [4.78, 5) is 30.5. The van der Waals surface area contributed by atoms with Crippen LogP contribution in [-0.2, 0) is 11.2 Å². The fourth-order valence-corrected chi connectivity index (χ4v) is 4.88. The van der Waals surface area contributed by atoms with Gasteiger partial charge in [0, 0.05) is 76.1 Å². The topological polar surface area (TPSA) is 125 Å². The molecule has 10 nitrogen and oxygen atoms in total. The molecule has 202 valence electrons. The Labute approximate surface area is 227 Å². The number of hydrogen-bond donors (Lipinski definition) is 1. The van der Waals surface area contributed by atoms with E-state index in [9.17, 15) is 10.1 Å². The van der Waals surface area contributed by atoms with Gasteiger partial charge in [0.05, 0.1) is 36.6 Å². The van der Waals surface area contributed by atoms with Crippen molar-refractivity contribution in [1.29, 1.82) is 5.26 Å². The smallest absolute Gasteiger partial charge is 0.255 e. The number of aromatic nitrogens is 3. The highest BCUT2D eigenvalue weighted by Crippen LogP contribution is 2.27. The number of carbonyl (C=O) groups is 1. The standard InChI is InChI=1S/C29H32N6O4/c30-18-23-17-22(1-2-27(23)39-25-4-13-38-14-5-25)26-3-6-32-28(33-26)16-21-15-24(20-31-19-21)29(37)35-9-7-34(8-10-35)11-12-36/h1-3,6,15,17,19-20,25,36H,4-5,7-14,16H2. The normalized spacial score (nSPS) is 16.6. The van der Waals surface area contributed by atoms with Gasteiger partial charge in [0.1, 0.15) is 23.7 Å². The maximum Gasteiger partial charge on any atom is 0.255 e. The summed E-state index contributed by atoms with van der Waals surface area (Å²) in [6, 6.07) is 11.4. The van der Waals surface area contributed by atoms with E-state index in [0.717, 1.165) is 37.1 Å². The Morgan fingerprint density at radius 2 is 1.95 bits per heavy atom. The number of aliphatic hydroxyl groups excluding tert-OH is 1. The SMILES string of the molecule is N#Cc1cc(-c2ccnc(Cc3cncc(C(=O)N4CCN(CCO)CC4)c3)n2)ccc1OC1CCOCC1. The van der Waals surface area contributed by atoms with Gasteiger partial charge in [-0.05, 0) is 35.9 Å². The van der Waals surface area contributed by atoms with Crippen molar-refractivity contribution in [2.24, 2.45) is 0 Å². The molecule has 39 heavy (non-hydrogen) atoms. The number of β-amino-alcohol motifs (C(OH)–C–C–N with tert-alkyl or cyclic N) is 1. The molecule has 0 aliphatic carbocycles. The minimum absolute atomic E-state index is 0.0465.